The maximum Gasteiger partial charge on any atom is 0.272 e. The van der Waals surface area contributed by atoms with Crippen LogP contribution in [0.25, 0.3) is 0 Å². The number of nitrogens with zero attached hydrogens (tertiary/aromatic N) is 1. The molecule has 0 fully saturated rings. The van der Waals surface area contributed by atoms with Crippen LogP contribution in [0.4, 0.5) is 14.6 Å². The van der Waals surface area contributed by atoms with Gasteiger partial charge in [-0.15, -0.1) is 0 Å². The van der Waals surface area contributed by atoms with E-state index in [2.05, 4.69) is 15.6 Å². The standard InChI is InChI=1S/C21H25F2N3O3/c1-5-19(27)26-18-10-15(6-7-24-18)21(28)25-14(4)16-8-12(2)20(13(3)9-16)29-11-17(22)23/h6-10,14,17H,5,11H2,1-4H3,(H,25,28)(H,24,26,27). The predicted molar refractivity (Wildman–Crippen MR) is 106 cm³/mol. The Morgan fingerprint density at radius 3 is 2.41 bits per heavy atom. The number of halogens is 2. The van der Waals surface area contributed by atoms with E-state index in [-0.39, 0.29) is 17.9 Å². The molecule has 0 saturated heterocycles. The number of ether oxygens (including phenoxy) is 1. The number of aryl methyl sites for hydroxylation is 2. The molecule has 2 rings (SSSR count). The first-order chi connectivity index (χ1) is 13.7. The minimum Gasteiger partial charge on any atom is -0.487 e. The minimum absolute atomic E-state index is 0.191. The van der Waals surface area contributed by atoms with Crippen molar-refractivity contribution in [2.45, 2.75) is 46.6 Å². The summed E-state index contributed by atoms with van der Waals surface area (Å²) in [5.74, 6) is 0.228. The molecule has 1 heterocycles. The number of alkyl halides is 2. The van der Waals surface area contributed by atoms with E-state index in [4.69, 9.17) is 4.74 Å². The molecule has 156 valence electrons. The Kier molecular flexibility index (Phi) is 7.64. The molecule has 29 heavy (non-hydrogen) atoms. The highest BCUT2D eigenvalue weighted by Crippen LogP contribution is 2.28. The van der Waals surface area contributed by atoms with Gasteiger partial charge in [-0.1, -0.05) is 19.1 Å². The van der Waals surface area contributed by atoms with Gasteiger partial charge in [-0.2, -0.15) is 0 Å². The van der Waals surface area contributed by atoms with E-state index in [1.807, 2.05) is 6.92 Å². The van der Waals surface area contributed by atoms with Crippen LogP contribution in [-0.4, -0.2) is 29.8 Å². The largest absolute Gasteiger partial charge is 0.487 e. The van der Waals surface area contributed by atoms with Gasteiger partial charge in [-0.05, 0) is 49.6 Å². The predicted octanol–water partition coefficient (Wildman–Crippen LogP) is 4.18. The minimum atomic E-state index is -2.54. The Balaban J connectivity index is 2.11. The molecule has 0 aliphatic heterocycles. The van der Waals surface area contributed by atoms with Crippen molar-refractivity contribution >= 4 is 17.6 Å². The summed E-state index contributed by atoms with van der Waals surface area (Å²) < 4.78 is 30.0. The molecule has 0 spiro atoms. The van der Waals surface area contributed by atoms with Crippen molar-refractivity contribution in [3.05, 3.63) is 52.7 Å². The zero-order valence-corrected chi connectivity index (χ0v) is 16.9. The molecule has 1 aromatic heterocycles. The molecule has 0 aliphatic carbocycles. The number of nitrogens with one attached hydrogen (secondary N) is 2. The van der Waals surface area contributed by atoms with Gasteiger partial charge < -0.3 is 15.4 Å². The third-order valence-electron chi connectivity index (χ3n) is 4.29. The maximum atomic E-state index is 12.6. The van der Waals surface area contributed by atoms with Crippen LogP contribution in [0.5, 0.6) is 5.75 Å². The SMILES string of the molecule is CCC(=O)Nc1cc(C(=O)NC(C)c2cc(C)c(OCC(F)F)c(C)c2)ccn1. The molecule has 2 amide bonds. The number of hydrogen-bond acceptors (Lipinski definition) is 4. The first-order valence-electron chi connectivity index (χ1n) is 9.30. The fraction of sp³-hybridized carbons (Fsp3) is 0.381. The van der Waals surface area contributed by atoms with Crippen LogP contribution in [-0.2, 0) is 4.79 Å². The summed E-state index contributed by atoms with van der Waals surface area (Å²) in [6.45, 7) is 6.44. The van der Waals surface area contributed by atoms with Gasteiger partial charge in [-0.3, -0.25) is 9.59 Å². The van der Waals surface area contributed by atoms with Crippen LogP contribution < -0.4 is 15.4 Å². The Bertz CT molecular complexity index is 864. The van der Waals surface area contributed by atoms with Crippen molar-refractivity contribution in [3.63, 3.8) is 0 Å². The van der Waals surface area contributed by atoms with E-state index < -0.39 is 13.0 Å². The normalized spacial score (nSPS) is 11.8. The number of carbonyl (C=O) groups is 2. The molecule has 6 nitrogen and oxygen atoms in total. The van der Waals surface area contributed by atoms with Gasteiger partial charge in [0.1, 0.15) is 18.2 Å². The molecule has 0 aliphatic rings. The molecular formula is C21H25F2N3O3. The lowest BCUT2D eigenvalue weighted by atomic mass is 10.0. The van der Waals surface area contributed by atoms with Crippen molar-refractivity contribution in [3.8, 4) is 5.75 Å². The highest BCUT2D eigenvalue weighted by Gasteiger charge is 2.16. The molecule has 0 bridgehead atoms. The highest BCUT2D eigenvalue weighted by molar-refractivity contribution is 5.96. The quantitative estimate of drug-likeness (QED) is 0.690. The summed E-state index contributed by atoms with van der Waals surface area (Å²) in [7, 11) is 0. The molecule has 0 radical (unpaired) electrons. The van der Waals surface area contributed by atoms with Crippen LogP contribution in [0.3, 0.4) is 0 Å². The van der Waals surface area contributed by atoms with Crippen molar-refractivity contribution in [2.24, 2.45) is 0 Å². The Labute approximate surface area is 168 Å². The second-order valence-corrected chi connectivity index (χ2v) is 6.71. The fourth-order valence-corrected chi connectivity index (χ4v) is 2.84. The van der Waals surface area contributed by atoms with E-state index in [1.165, 1.54) is 12.3 Å². The van der Waals surface area contributed by atoms with Gasteiger partial charge in [0.25, 0.3) is 12.3 Å². The average Bonchev–Trinajstić information content (AvgIpc) is 2.66. The number of hydrogen-bond donors (Lipinski definition) is 2. The summed E-state index contributed by atoms with van der Waals surface area (Å²) in [5.41, 5.74) is 2.63. The first kappa shape index (κ1) is 22.3. The van der Waals surface area contributed by atoms with E-state index in [0.717, 1.165) is 16.7 Å². The van der Waals surface area contributed by atoms with Crippen LogP contribution >= 0.6 is 0 Å². The molecule has 2 N–H and O–H groups in total. The zero-order chi connectivity index (χ0) is 21.6. The highest BCUT2D eigenvalue weighted by atomic mass is 19.3. The summed E-state index contributed by atoms with van der Waals surface area (Å²) in [6, 6.07) is 6.34. The van der Waals surface area contributed by atoms with Gasteiger partial charge in [0.05, 0.1) is 6.04 Å². The van der Waals surface area contributed by atoms with Crippen molar-refractivity contribution in [2.75, 3.05) is 11.9 Å². The van der Waals surface area contributed by atoms with Crippen LogP contribution in [0.2, 0.25) is 0 Å². The topological polar surface area (TPSA) is 80.3 Å². The number of carbonyl (C=O) groups excluding carboxylic acids is 2. The van der Waals surface area contributed by atoms with Crippen LogP contribution in [0, 0.1) is 13.8 Å². The van der Waals surface area contributed by atoms with E-state index in [0.29, 0.717) is 23.6 Å². The monoisotopic (exact) mass is 405 g/mol. The number of amides is 2. The van der Waals surface area contributed by atoms with Crippen molar-refractivity contribution < 1.29 is 23.1 Å². The summed E-state index contributed by atoms with van der Waals surface area (Å²) in [5, 5.41) is 5.51. The zero-order valence-electron chi connectivity index (χ0n) is 16.9. The van der Waals surface area contributed by atoms with Crippen molar-refractivity contribution in [1.29, 1.82) is 0 Å². The molecular weight excluding hydrogens is 380 g/mol. The van der Waals surface area contributed by atoms with Gasteiger partial charge in [0.15, 0.2) is 0 Å². The number of rotatable bonds is 8. The molecule has 1 unspecified atom stereocenters. The summed E-state index contributed by atoms with van der Waals surface area (Å²) >= 11 is 0. The number of pyridine rings is 1. The maximum absolute atomic E-state index is 12.6. The molecule has 0 saturated carbocycles. The second-order valence-electron chi connectivity index (χ2n) is 6.71. The fourth-order valence-electron chi connectivity index (χ4n) is 2.84. The Morgan fingerprint density at radius 1 is 1.17 bits per heavy atom. The summed E-state index contributed by atoms with van der Waals surface area (Å²) in [4.78, 5) is 28.1. The third-order valence-corrected chi connectivity index (χ3v) is 4.29. The van der Waals surface area contributed by atoms with Crippen LogP contribution in [0.15, 0.2) is 30.5 Å². The van der Waals surface area contributed by atoms with Gasteiger partial charge in [0, 0.05) is 18.2 Å². The van der Waals surface area contributed by atoms with E-state index in [9.17, 15) is 18.4 Å². The molecule has 1 aromatic carbocycles. The van der Waals surface area contributed by atoms with Gasteiger partial charge in [0.2, 0.25) is 5.91 Å². The van der Waals surface area contributed by atoms with E-state index in [1.54, 1.807) is 39.0 Å². The second kappa shape index (κ2) is 9.95. The number of aromatic nitrogens is 1. The first-order valence-corrected chi connectivity index (χ1v) is 9.30. The third kappa shape index (κ3) is 6.23. The molecule has 8 heteroatoms. The van der Waals surface area contributed by atoms with Gasteiger partial charge >= 0.3 is 0 Å². The smallest absolute Gasteiger partial charge is 0.272 e. The lowest BCUT2D eigenvalue weighted by Gasteiger charge is -2.19. The molecule has 1 atom stereocenters. The average molecular weight is 405 g/mol. The Morgan fingerprint density at radius 2 is 1.83 bits per heavy atom. The van der Waals surface area contributed by atoms with Crippen LogP contribution in [0.1, 0.15) is 53.4 Å². The lowest BCUT2D eigenvalue weighted by molar-refractivity contribution is -0.115. The number of benzene rings is 1. The van der Waals surface area contributed by atoms with Crippen molar-refractivity contribution in [1.82, 2.24) is 10.3 Å². The number of anilines is 1. The van der Waals surface area contributed by atoms with E-state index >= 15 is 0 Å². The lowest BCUT2D eigenvalue weighted by Crippen LogP contribution is -2.27. The van der Waals surface area contributed by atoms with Gasteiger partial charge in [-0.25, -0.2) is 13.8 Å². The summed E-state index contributed by atoms with van der Waals surface area (Å²) in [6.07, 6.45) is -0.779. The molecule has 2 aromatic rings. The Hall–Kier alpha value is -3.03.